The van der Waals surface area contributed by atoms with Gasteiger partial charge in [-0.2, -0.15) is 0 Å². The molecule has 1 aromatic carbocycles. The monoisotopic (exact) mass is 260 g/mol. The molecule has 0 atom stereocenters. The summed E-state index contributed by atoms with van der Waals surface area (Å²) in [6.45, 7) is 13.8. The average Bonchev–Trinajstić information content (AvgIpc) is 2.36. The van der Waals surface area contributed by atoms with E-state index >= 15 is 0 Å². The Bertz CT molecular complexity index is 395. The first-order valence-corrected chi connectivity index (χ1v) is 8.04. The molecule has 0 spiro atoms. The van der Waals surface area contributed by atoms with Crippen molar-refractivity contribution in [3.05, 3.63) is 34.4 Å². The van der Waals surface area contributed by atoms with E-state index in [0.717, 1.165) is 0 Å². The highest BCUT2D eigenvalue weighted by molar-refractivity contribution is 5.37. The number of hydrogen-bond acceptors (Lipinski definition) is 0. The topological polar surface area (TPSA) is 0 Å². The summed E-state index contributed by atoms with van der Waals surface area (Å²) in [5, 5.41) is 0. The van der Waals surface area contributed by atoms with Crippen LogP contribution < -0.4 is 0 Å². The van der Waals surface area contributed by atoms with Gasteiger partial charge in [-0.15, -0.1) is 0 Å². The van der Waals surface area contributed by atoms with Gasteiger partial charge in [-0.3, -0.25) is 0 Å². The Morgan fingerprint density at radius 2 is 1.32 bits per heavy atom. The predicted molar refractivity (Wildman–Crippen MR) is 86.9 cm³/mol. The van der Waals surface area contributed by atoms with Crippen LogP contribution >= 0.6 is 0 Å². The summed E-state index contributed by atoms with van der Waals surface area (Å²) < 4.78 is 0. The van der Waals surface area contributed by atoms with E-state index < -0.39 is 0 Å². The van der Waals surface area contributed by atoms with Crippen molar-refractivity contribution in [2.45, 2.75) is 80.1 Å². The minimum absolute atomic E-state index is 0.524. The third-order valence-corrected chi connectivity index (χ3v) is 4.83. The highest BCUT2D eigenvalue weighted by Crippen LogP contribution is 2.38. The minimum Gasteiger partial charge on any atom is -0.0654 e. The highest BCUT2D eigenvalue weighted by Gasteiger charge is 2.27. The molecule has 0 N–H and O–H groups in total. The molecule has 0 unspecified atom stereocenters. The molecule has 0 aromatic heterocycles. The van der Waals surface area contributed by atoms with Gasteiger partial charge in [0.1, 0.15) is 0 Å². The maximum Gasteiger partial charge on any atom is -0.0219 e. The molecular weight excluding hydrogens is 228 g/mol. The third kappa shape index (κ3) is 4.09. The van der Waals surface area contributed by atoms with E-state index in [-0.39, 0.29) is 0 Å². The number of benzene rings is 1. The Morgan fingerprint density at radius 3 is 1.79 bits per heavy atom. The molecule has 0 fully saturated rings. The Morgan fingerprint density at radius 1 is 0.789 bits per heavy atom. The fourth-order valence-corrected chi connectivity index (χ4v) is 3.46. The normalized spacial score (nSPS) is 11.9. The van der Waals surface area contributed by atoms with Gasteiger partial charge in [0.05, 0.1) is 0 Å². The molecule has 1 rings (SSSR count). The molecule has 19 heavy (non-hydrogen) atoms. The summed E-state index contributed by atoms with van der Waals surface area (Å²) in [5.41, 5.74) is 6.45. The Labute approximate surface area is 120 Å². The van der Waals surface area contributed by atoms with Crippen LogP contribution in [-0.4, -0.2) is 0 Å². The van der Waals surface area contributed by atoms with E-state index in [1.54, 1.807) is 5.56 Å². The van der Waals surface area contributed by atoms with Crippen LogP contribution in [0, 0.1) is 26.2 Å². The molecule has 0 bridgehead atoms. The molecule has 0 amide bonds. The molecule has 0 saturated heterocycles. The second kappa shape index (κ2) is 7.12. The van der Waals surface area contributed by atoms with Gasteiger partial charge in [-0.1, -0.05) is 52.2 Å². The van der Waals surface area contributed by atoms with Crippen molar-refractivity contribution in [2.75, 3.05) is 0 Å². The van der Waals surface area contributed by atoms with Gasteiger partial charge in [0.15, 0.2) is 0 Å². The number of rotatable bonds is 7. The molecular formula is C19H32. The summed E-state index contributed by atoms with van der Waals surface area (Å²) in [6.07, 6.45) is 7.90. The van der Waals surface area contributed by atoms with Crippen LogP contribution in [0.25, 0.3) is 0 Å². The maximum absolute atomic E-state index is 2.43. The van der Waals surface area contributed by atoms with E-state index in [4.69, 9.17) is 0 Å². The molecule has 0 heterocycles. The average molecular weight is 260 g/mol. The van der Waals surface area contributed by atoms with Crippen molar-refractivity contribution in [1.29, 1.82) is 0 Å². The van der Waals surface area contributed by atoms with Crippen LogP contribution in [0.3, 0.4) is 0 Å². The van der Waals surface area contributed by atoms with Gasteiger partial charge in [-0.05, 0) is 67.7 Å². The smallest absolute Gasteiger partial charge is 0.0219 e. The van der Waals surface area contributed by atoms with Gasteiger partial charge >= 0.3 is 0 Å². The summed E-state index contributed by atoms with van der Waals surface area (Å²) in [4.78, 5) is 0. The largest absolute Gasteiger partial charge is 0.0654 e. The van der Waals surface area contributed by atoms with Crippen molar-refractivity contribution < 1.29 is 0 Å². The lowest BCUT2D eigenvalue weighted by Gasteiger charge is -2.33. The fourth-order valence-electron chi connectivity index (χ4n) is 3.46. The lowest BCUT2D eigenvalue weighted by molar-refractivity contribution is 0.221. The molecule has 0 nitrogen and oxygen atoms in total. The minimum atomic E-state index is 0.524. The van der Waals surface area contributed by atoms with Crippen molar-refractivity contribution in [2.24, 2.45) is 5.41 Å². The first-order chi connectivity index (χ1) is 8.98. The maximum atomic E-state index is 2.43. The molecule has 0 aliphatic rings. The Balaban J connectivity index is 3.05. The van der Waals surface area contributed by atoms with E-state index in [1.807, 2.05) is 0 Å². The SMILES string of the molecule is CCCC(CC)(CCC)Cc1cc(C)c(C)cc1C. The van der Waals surface area contributed by atoms with Crippen LogP contribution in [0.4, 0.5) is 0 Å². The Kier molecular flexibility index (Phi) is 6.10. The van der Waals surface area contributed by atoms with Gasteiger partial charge in [-0.25, -0.2) is 0 Å². The van der Waals surface area contributed by atoms with Crippen LogP contribution in [0.2, 0.25) is 0 Å². The first-order valence-electron chi connectivity index (χ1n) is 8.04. The standard InChI is InChI=1S/C19H32/c1-7-10-19(9-3,11-8-2)14-18-13-16(5)15(4)12-17(18)6/h12-13H,7-11,14H2,1-6H3. The quantitative estimate of drug-likeness (QED) is 0.551. The van der Waals surface area contributed by atoms with Crippen LogP contribution in [0.15, 0.2) is 12.1 Å². The third-order valence-electron chi connectivity index (χ3n) is 4.83. The van der Waals surface area contributed by atoms with E-state index in [1.165, 1.54) is 55.2 Å². The molecule has 0 radical (unpaired) electrons. The predicted octanol–water partition coefficient (Wildman–Crippen LogP) is 6.15. The zero-order valence-electron chi connectivity index (χ0n) is 13.9. The summed E-state index contributed by atoms with van der Waals surface area (Å²) in [5.74, 6) is 0. The second-order valence-electron chi connectivity index (χ2n) is 6.39. The van der Waals surface area contributed by atoms with Crippen molar-refractivity contribution in [3.8, 4) is 0 Å². The fraction of sp³-hybridized carbons (Fsp3) is 0.684. The number of hydrogen-bond donors (Lipinski definition) is 0. The molecule has 0 aliphatic carbocycles. The van der Waals surface area contributed by atoms with E-state index in [9.17, 15) is 0 Å². The number of aryl methyl sites for hydroxylation is 3. The molecule has 0 heteroatoms. The van der Waals surface area contributed by atoms with Gasteiger partial charge < -0.3 is 0 Å². The zero-order chi connectivity index (χ0) is 14.5. The van der Waals surface area contributed by atoms with E-state index in [0.29, 0.717) is 5.41 Å². The lowest BCUT2D eigenvalue weighted by Crippen LogP contribution is -2.23. The van der Waals surface area contributed by atoms with Gasteiger partial charge in [0, 0.05) is 0 Å². The van der Waals surface area contributed by atoms with Crippen molar-refractivity contribution in [1.82, 2.24) is 0 Å². The van der Waals surface area contributed by atoms with Crippen LogP contribution in [0.1, 0.15) is 75.1 Å². The van der Waals surface area contributed by atoms with E-state index in [2.05, 4.69) is 53.7 Å². The second-order valence-corrected chi connectivity index (χ2v) is 6.39. The Hall–Kier alpha value is -0.780. The van der Waals surface area contributed by atoms with Crippen LogP contribution in [-0.2, 0) is 6.42 Å². The van der Waals surface area contributed by atoms with Crippen LogP contribution in [0.5, 0.6) is 0 Å². The van der Waals surface area contributed by atoms with Crippen molar-refractivity contribution in [3.63, 3.8) is 0 Å². The zero-order valence-corrected chi connectivity index (χ0v) is 13.9. The molecule has 1 aromatic rings. The molecule has 0 aliphatic heterocycles. The highest BCUT2D eigenvalue weighted by atomic mass is 14.3. The summed E-state index contributed by atoms with van der Waals surface area (Å²) >= 11 is 0. The summed E-state index contributed by atoms with van der Waals surface area (Å²) in [7, 11) is 0. The van der Waals surface area contributed by atoms with Gasteiger partial charge in [0.25, 0.3) is 0 Å². The molecule has 0 saturated carbocycles. The van der Waals surface area contributed by atoms with Crippen molar-refractivity contribution >= 4 is 0 Å². The van der Waals surface area contributed by atoms with Gasteiger partial charge in [0.2, 0.25) is 0 Å². The molecule has 108 valence electrons. The lowest BCUT2D eigenvalue weighted by atomic mass is 9.72. The first kappa shape index (κ1) is 16.3. The summed E-state index contributed by atoms with van der Waals surface area (Å²) in [6, 6.07) is 4.80.